The van der Waals surface area contributed by atoms with Crippen molar-refractivity contribution in [3.63, 3.8) is 0 Å². The van der Waals surface area contributed by atoms with E-state index >= 15 is 0 Å². The molecule has 24 heteroatoms. The number of guanidine groups is 1. The van der Waals surface area contributed by atoms with E-state index in [1.54, 1.807) is 42.6 Å². The van der Waals surface area contributed by atoms with Crippen LogP contribution in [0.3, 0.4) is 0 Å². The number of imidazole rings is 1. The van der Waals surface area contributed by atoms with Crippen molar-refractivity contribution in [1.82, 2.24) is 57.5 Å². The maximum Gasteiger partial charge on any atom is 0.245 e. The second kappa shape index (κ2) is 27.2. The van der Waals surface area contributed by atoms with E-state index < -0.39 is 108 Å². The van der Waals surface area contributed by atoms with Crippen molar-refractivity contribution in [2.24, 2.45) is 22.2 Å². The molecule has 24 nitrogen and oxygen atoms in total. The first-order valence-electron chi connectivity index (χ1n) is 23.8. The number of unbranched alkanes of at least 4 members (excludes halogenated alkanes) is 1. The monoisotopic (exact) mass is 996 g/mol. The van der Waals surface area contributed by atoms with E-state index in [1.165, 1.54) is 19.4 Å². The third-order valence-electron chi connectivity index (χ3n) is 11.8. The Morgan fingerprint density at radius 1 is 0.792 bits per heavy atom. The zero-order valence-corrected chi connectivity index (χ0v) is 40.3. The van der Waals surface area contributed by atoms with E-state index in [9.17, 15) is 43.2 Å². The van der Waals surface area contributed by atoms with E-state index in [-0.39, 0.29) is 57.5 Å². The smallest absolute Gasteiger partial charge is 0.245 e. The fourth-order valence-electron chi connectivity index (χ4n) is 8.01. The Morgan fingerprint density at radius 2 is 1.47 bits per heavy atom. The number of amides is 9. The average Bonchev–Trinajstić information content (AvgIpc) is 4.02. The molecule has 1 aliphatic rings. The number of nitrogens with two attached hydrogens (primary N) is 3. The number of carbonyl (C=O) groups excluding carboxylic acids is 9. The van der Waals surface area contributed by atoms with Gasteiger partial charge in [0.25, 0.3) is 0 Å². The van der Waals surface area contributed by atoms with Crippen molar-refractivity contribution < 1.29 is 43.2 Å². The van der Waals surface area contributed by atoms with Gasteiger partial charge in [-0.25, -0.2) is 4.98 Å². The second-order valence-electron chi connectivity index (χ2n) is 17.5. The number of para-hydroxylation sites is 1. The number of hydrogen-bond donors (Lipinski definition) is 13. The molecule has 9 amide bonds. The van der Waals surface area contributed by atoms with Gasteiger partial charge in [-0.1, -0.05) is 68.3 Å². The van der Waals surface area contributed by atoms with Crippen molar-refractivity contribution in [2.45, 2.75) is 120 Å². The number of primary amides is 1. The molecule has 3 heterocycles. The predicted octanol–water partition coefficient (Wildman–Crippen LogP) is -2.03. The van der Waals surface area contributed by atoms with Crippen LogP contribution in [-0.2, 0) is 62.4 Å². The van der Waals surface area contributed by atoms with Crippen LogP contribution >= 0.6 is 0 Å². The first-order valence-corrected chi connectivity index (χ1v) is 23.8. The van der Waals surface area contributed by atoms with Crippen molar-refractivity contribution in [3.05, 3.63) is 90.1 Å². The summed E-state index contributed by atoms with van der Waals surface area (Å²) in [6, 6.07) is 6.39. The molecule has 0 aliphatic carbocycles. The lowest BCUT2D eigenvalue weighted by molar-refractivity contribution is -0.136. The topological polar surface area (TPSA) is 385 Å². The Bertz CT molecular complexity index is 2550. The Kier molecular flexibility index (Phi) is 20.6. The van der Waals surface area contributed by atoms with Gasteiger partial charge in [-0.2, -0.15) is 0 Å². The van der Waals surface area contributed by atoms with Crippen LogP contribution in [0, 0.1) is 0 Å². The first-order chi connectivity index (χ1) is 34.5. The molecule has 5 rings (SSSR count). The fraction of sp³-hybridized carbons (Fsp3) is 0.438. The Labute approximate surface area is 415 Å². The molecule has 2 aromatic carbocycles. The number of nitrogens with one attached hydrogen (secondary N) is 10. The van der Waals surface area contributed by atoms with Gasteiger partial charge in [-0.15, -0.1) is 0 Å². The molecule has 0 spiro atoms. The predicted molar refractivity (Wildman–Crippen MR) is 265 cm³/mol. The minimum atomic E-state index is -1.60. The number of carbonyl (C=O) groups is 9. The number of H-pyrrole nitrogens is 2. The third kappa shape index (κ3) is 17.0. The van der Waals surface area contributed by atoms with Crippen LogP contribution in [0.15, 0.2) is 78.3 Å². The molecule has 72 heavy (non-hydrogen) atoms. The van der Waals surface area contributed by atoms with Crippen LogP contribution in [0.2, 0.25) is 0 Å². The summed E-state index contributed by atoms with van der Waals surface area (Å²) in [5.41, 5.74) is 19.4. The Hall–Kier alpha value is -8.31. The minimum Gasteiger partial charge on any atom is -0.370 e. The van der Waals surface area contributed by atoms with Gasteiger partial charge in [-0.3, -0.25) is 48.1 Å². The molecule has 1 fully saturated rings. The van der Waals surface area contributed by atoms with Crippen LogP contribution in [0.1, 0.15) is 75.6 Å². The lowest BCUT2D eigenvalue weighted by atomic mass is 10.0. The number of hydrogen-bond acceptors (Lipinski definition) is 11. The van der Waals surface area contributed by atoms with Gasteiger partial charge in [-0.05, 0) is 42.9 Å². The van der Waals surface area contributed by atoms with Gasteiger partial charge in [0.15, 0.2) is 5.96 Å². The molecular formula is C48H65N15O9. The third-order valence-corrected chi connectivity index (χ3v) is 11.8. The van der Waals surface area contributed by atoms with Crippen molar-refractivity contribution in [2.75, 3.05) is 13.1 Å². The zero-order valence-electron chi connectivity index (χ0n) is 40.3. The Balaban J connectivity index is 1.53. The fourth-order valence-corrected chi connectivity index (χ4v) is 8.01. The highest BCUT2D eigenvalue weighted by atomic mass is 16.2. The summed E-state index contributed by atoms with van der Waals surface area (Å²) in [7, 11) is 0. The lowest BCUT2D eigenvalue weighted by Crippen LogP contribution is -2.62. The highest BCUT2D eigenvalue weighted by Crippen LogP contribution is 2.19. The molecule has 0 bridgehead atoms. The van der Waals surface area contributed by atoms with Crippen molar-refractivity contribution >= 4 is 70.0 Å². The highest BCUT2D eigenvalue weighted by molar-refractivity contribution is 5.98. The summed E-state index contributed by atoms with van der Waals surface area (Å²) < 4.78 is 0. The maximum absolute atomic E-state index is 14.5. The number of benzene rings is 2. The summed E-state index contributed by atoms with van der Waals surface area (Å²) >= 11 is 0. The number of aromatic nitrogens is 3. The molecule has 7 atom stereocenters. The van der Waals surface area contributed by atoms with E-state index in [0.717, 1.165) is 10.9 Å². The summed E-state index contributed by atoms with van der Waals surface area (Å²) in [5, 5.41) is 22.0. The van der Waals surface area contributed by atoms with Crippen LogP contribution in [0.5, 0.6) is 0 Å². The van der Waals surface area contributed by atoms with Gasteiger partial charge in [0, 0.05) is 74.7 Å². The molecule has 2 aromatic heterocycles. The number of nitrogens with zero attached hydrogens (tertiary/aromatic N) is 2. The molecule has 1 aliphatic heterocycles. The molecule has 0 saturated carbocycles. The number of aliphatic imine (C=N–C) groups is 1. The maximum atomic E-state index is 14.5. The summed E-state index contributed by atoms with van der Waals surface area (Å²) in [4.78, 5) is 138. The SMILES string of the molecule is CCCCC(NC(C)=O)C(=O)NC1CCC(=O)NCC(C(=O)NC(Cc2c[nH]c3ccccc23)C(N)=O)NC(=O)C(CCCN=C(N)N)NC(=O)C(Cc2ccccc2)NC(=O)C(Cc2cnc[nH]2)NC1=O. The van der Waals surface area contributed by atoms with Crippen molar-refractivity contribution in [1.29, 1.82) is 0 Å². The standard InChI is InChI=1S/C48H65N15O9/c1-3-4-14-33(57-27(2)64)42(67)59-35-17-18-40(65)55-25-39(47(72)60-36(41(49)66)21-29-23-54-32-15-9-8-13-31(29)32)63-43(68)34(16-10-19-53-48(50)51)58-45(70)37(20-28-11-6-5-7-12-28)61-46(71)38(62-44(35)69)22-30-24-52-26-56-30/h5-9,11-13,15,23-24,26,33-39,54H,3-4,10,14,16-22,25H2,1-2H3,(H2,49,66)(H,52,56)(H,55,65)(H,57,64)(H,58,70)(H,59,67)(H,60,72)(H,61,71)(H,62,69)(H,63,68)(H4,50,51,53). The van der Waals surface area contributed by atoms with Crippen LogP contribution < -0.4 is 59.7 Å². The van der Waals surface area contributed by atoms with E-state index in [4.69, 9.17) is 17.2 Å². The summed E-state index contributed by atoms with van der Waals surface area (Å²) in [6.07, 6.45) is 4.93. The largest absolute Gasteiger partial charge is 0.370 e. The molecule has 16 N–H and O–H groups in total. The average molecular weight is 996 g/mol. The second-order valence-corrected chi connectivity index (χ2v) is 17.5. The molecular weight excluding hydrogens is 931 g/mol. The van der Waals surface area contributed by atoms with Gasteiger partial charge in [0.05, 0.1) is 6.33 Å². The van der Waals surface area contributed by atoms with Crippen molar-refractivity contribution in [3.8, 4) is 0 Å². The number of aromatic amines is 2. The van der Waals surface area contributed by atoms with Gasteiger partial charge >= 0.3 is 0 Å². The summed E-state index contributed by atoms with van der Waals surface area (Å²) in [6.45, 7) is 2.62. The highest BCUT2D eigenvalue weighted by Gasteiger charge is 2.35. The van der Waals surface area contributed by atoms with Gasteiger partial charge in [0.2, 0.25) is 53.2 Å². The molecule has 386 valence electrons. The quantitative estimate of drug-likeness (QED) is 0.0275. The number of fused-ring (bicyclic) bond motifs is 1. The molecule has 4 aromatic rings. The van der Waals surface area contributed by atoms with E-state index in [0.29, 0.717) is 29.7 Å². The van der Waals surface area contributed by atoms with Crippen LogP contribution in [0.25, 0.3) is 10.9 Å². The van der Waals surface area contributed by atoms with Crippen LogP contribution in [0.4, 0.5) is 0 Å². The zero-order chi connectivity index (χ0) is 52.2. The van der Waals surface area contributed by atoms with E-state index in [2.05, 4.69) is 62.5 Å². The lowest BCUT2D eigenvalue weighted by Gasteiger charge is -2.28. The minimum absolute atomic E-state index is 0.0450. The molecule has 7 unspecified atom stereocenters. The summed E-state index contributed by atoms with van der Waals surface area (Å²) in [5.74, 6) is -7.41. The van der Waals surface area contributed by atoms with Gasteiger partial charge < -0.3 is 69.7 Å². The normalized spacial score (nSPS) is 20.1. The van der Waals surface area contributed by atoms with Gasteiger partial charge in [0.1, 0.15) is 42.3 Å². The Morgan fingerprint density at radius 3 is 2.15 bits per heavy atom. The molecule has 0 radical (unpaired) electrons. The number of rotatable bonds is 19. The van der Waals surface area contributed by atoms with Crippen LogP contribution in [-0.4, -0.2) is 129 Å². The van der Waals surface area contributed by atoms with E-state index in [1.807, 2.05) is 25.1 Å². The molecule has 1 saturated heterocycles. The first kappa shape index (κ1) is 54.6.